The van der Waals surface area contributed by atoms with Gasteiger partial charge in [0.25, 0.3) is 0 Å². The smallest absolute Gasteiger partial charge is 0.346 e. The summed E-state index contributed by atoms with van der Waals surface area (Å²) in [6, 6.07) is 4.74. The number of fused-ring (bicyclic) bond motifs is 1. The van der Waals surface area contributed by atoms with Gasteiger partial charge in [0.05, 0.1) is 0 Å². The monoisotopic (exact) mass is 309 g/mol. The van der Waals surface area contributed by atoms with Crippen LogP contribution in [0.3, 0.4) is 0 Å². The molecule has 0 atom stereocenters. The van der Waals surface area contributed by atoms with Gasteiger partial charge in [-0.05, 0) is 24.0 Å². The minimum absolute atomic E-state index is 0.133. The SMILES string of the molecule is CCC(C)(C)CNCc1c(C(=O)O)sc2cccc(F)c12. The molecule has 0 amide bonds. The normalized spacial score (nSPS) is 12.0. The minimum Gasteiger partial charge on any atom is -0.477 e. The topological polar surface area (TPSA) is 49.3 Å². The molecule has 0 radical (unpaired) electrons. The van der Waals surface area contributed by atoms with E-state index in [0.29, 0.717) is 22.2 Å². The predicted molar refractivity (Wildman–Crippen MR) is 84.5 cm³/mol. The van der Waals surface area contributed by atoms with E-state index >= 15 is 0 Å². The summed E-state index contributed by atoms with van der Waals surface area (Å²) in [7, 11) is 0. The molecule has 1 heterocycles. The minimum atomic E-state index is -0.998. The summed E-state index contributed by atoms with van der Waals surface area (Å²) in [5.74, 6) is -1.36. The maximum Gasteiger partial charge on any atom is 0.346 e. The Hall–Kier alpha value is -1.46. The molecule has 2 N–H and O–H groups in total. The van der Waals surface area contributed by atoms with E-state index in [2.05, 4.69) is 26.1 Å². The van der Waals surface area contributed by atoms with Crippen molar-refractivity contribution in [3.63, 3.8) is 0 Å². The Balaban J connectivity index is 2.33. The van der Waals surface area contributed by atoms with Crippen LogP contribution in [0.15, 0.2) is 18.2 Å². The summed E-state index contributed by atoms with van der Waals surface area (Å²) in [4.78, 5) is 11.6. The zero-order valence-electron chi connectivity index (χ0n) is 12.5. The van der Waals surface area contributed by atoms with Crippen LogP contribution in [0.25, 0.3) is 10.1 Å². The summed E-state index contributed by atoms with van der Waals surface area (Å²) >= 11 is 1.13. The number of rotatable bonds is 6. The fraction of sp³-hybridized carbons (Fsp3) is 0.438. The van der Waals surface area contributed by atoms with Gasteiger partial charge in [-0.1, -0.05) is 26.8 Å². The van der Waals surface area contributed by atoms with Crippen molar-refractivity contribution in [1.82, 2.24) is 5.32 Å². The fourth-order valence-corrected chi connectivity index (χ4v) is 3.23. The average molecular weight is 309 g/mol. The molecule has 1 aromatic carbocycles. The van der Waals surface area contributed by atoms with E-state index in [1.54, 1.807) is 12.1 Å². The number of aromatic carboxylic acids is 1. The van der Waals surface area contributed by atoms with Gasteiger partial charge < -0.3 is 10.4 Å². The molecule has 0 saturated heterocycles. The fourth-order valence-electron chi connectivity index (χ4n) is 2.16. The van der Waals surface area contributed by atoms with E-state index in [0.717, 1.165) is 24.3 Å². The van der Waals surface area contributed by atoms with Gasteiger partial charge >= 0.3 is 5.97 Å². The van der Waals surface area contributed by atoms with Crippen LogP contribution in [0, 0.1) is 11.2 Å². The summed E-state index contributed by atoms with van der Waals surface area (Å²) < 4.78 is 14.7. The lowest BCUT2D eigenvalue weighted by atomic mass is 9.90. The van der Waals surface area contributed by atoms with E-state index in [1.807, 2.05) is 0 Å². The van der Waals surface area contributed by atoms with Crippen LogP contribution >= 0.6 is 11.3 Å². The van der Waals surface area contributed by atoms with E-state index in [9.17, 15) is 14.3 Å². The molecule has 0 aliphatic heterocycles. The number of hydrogen-bond donors (Lipinski definition) is 2. The Bertz CT molecular complexity index is 664. The van der Waals surface area contributed by atoms with Crippen LogP contribution < -0.4 is 5.32 Å². The van der Waals surface area contributed by atoms with Gasteiger partial charge in [-0.2, -0.15) is 0 Å². The number of halogens is 1. The zero-order valence-corrected chi connectivity index (χ0v) is 13.3. The van der Waals surface area contributed by atoms with Crippen molar-refractivity contribution in [2.75, 3.05) is 6.54 Å². The molecule has 21 heavy (non-hydrogen) atoms. The third-order valence-electron chi connectivity index (χ3n) is 3.82. The van der Waals surface area contributed by atoms with E-state index in [1.165, 1.54) is 6.07 Å². The van der Waals surface area contributed by atoms with Gasteiger partial charge in [0.15, 0.2) is 0 Å². The molecule has 2 rings (SSSR count). The van der Waals surface area contributed by atoms with Crippen molar-refractivity contribution >= 4 is 27.4 Å². The quantitative estimate of drug-likeness (QED) is 0.838. The standard InChI is InChI=1S/C16H20FNO2S/c1-4-16(2,3)9-18-8-10-13-11(17)6-5-7-12(13)21-14(10)15(19)20/h5-7,18H,4,8-9H2,1-3H3,(H,19,20). The molecule has 0 aliphatic carbocycles. The molecule has 0 aliphatic rings. The summed E-state index contributed by atoms with van der Waals surface area (Å²) in [6.45, 7) is 7.53. The zero-order chi connectivity index (χ0) is 15.6. The second kappa shape index (κ2) is 6.12. The Kier molecular flexibility index (Phi) is 4.64. The molecule has 2 aromatic rings. The number of carboxylic acids is 1. The second-order valence-corrected chi connectivity index (χ2v) is 7.00. The van der Waals surface area contributed by atoms with Crippen LogP contribution in [0.5, 0.6) is 0 Å². The number of carboxylic acid groups (broad SMARTS) is 1. The highest BCUT2D eigenvalue weighted by Gasteiger charge is 2.21. The number of benzene rings is 1. The van der Waals surface area contributed by atoms with Crippen molar-refractivity contribution < 1.29 is 14.3 Å². The van der Waals surface area contributed by atoms with Gasteiger partial charge in [0.2, 0.25) is 0 Å². The summed E-state index contributed by atoms with van der Waals surface area (Å²) in [5.41, 5.74) is 0.681. The molecular formula is C16H20FNO2S. The Morgan fingerprint density at radius 1 is 1.43 bits per heavy atom. The molecule has 0 saturated carbocycles. The van der Waals surface area contributed by atoms with Crippen molar-refractivity contribution in [1.29, 1.82) is 0 Å². The largest absolute Gasteiger partial charge is 0.477 e. The highest BCUT2D eigenvalue weighted by Crippen LogP contribution is 2.33. The summed E-state index contributed by atoms with van der Waals surface area (Å²) in [5, 5.41) is 13.0. The highest BCUT2D eigenvalue weighted by atomic mass is 32.1. The average Bonchev–Trinajstić information content (AvgIpc) is 2.79. The van der Waals surface area contributed by atoms with E-state index in [-0.39, 0.29) is 16.1 Å². The summed E-state index contributed by atoms with van der Waals surface area (Å²) in [6.07, 6.45) is 1.02. The van der Waals surface area contributed by atoms with Gasteiger partial charge in [0.1, 0.15) is 10.7 Å². The molecule has 1 aromatic heterocycles. The molecule has 0 bridgehead atoms. The number of hydrogen-bond acceptors (Lipinski definition) is 3. The first-order valence-corrected chi connectivity index (χ1v) is 7.81. The Morgan fingerprint density at radius 3 is 2.76 bits per heavy atom. The number of carbonyl (C=O) groups is 1. The first kappa shape index (κ1) is 15.9. The van der Waals surface area contributed by atoms with Crippen molar-refractivity contribution in [2.45, 2.75) is 33.7 Å². The molecule has 0 unspecified atom stereocenters. The molecular weight excluding hydrogens is 289 g/mol. The van der Waals surface area contributed by atoms with Crippen LogP contribution in [0.4, 0.5) is 4.39 Å². The lowest BCUT2D eigenvalue weighted by molar-refractivity contribution is 0.0701. The van der Waals surface area contributed by atoms with E-state index < -0.39 is 5.97 Å². The van der Waals surface area contributed by atoms with Gasteiger partial charge in [-0.3, -0.25) is 0 Å². The maximum absolute atomic E-state index is 14.0. The first-order chi connectivity index (χ1) is 9.85. The van der Waals surface area contributed by atoms with Crippen molar-refractivity contribution in [2.24, 2.45) is 5.41 Å². The lowest BCUT2D eigenvalue weighted by Gasteiger charge is -2.23. The van der Waals surface area contributed by atoms with Crippen LogP contribution in [0.2, 0.25) is 0 Å². The van der Waals surface area contributed by atoms with Gasteiger partial charge in [-0.25, -0.2) is 9.18 Å². The predicted octanol–water partition coefficient (Wildman–Crippen LogP) is 4.26. The molecule has 114 valence electrons. The van der Waals surface area contributed by atoms with Gasteiger partial charge in [0, 0.05) is 28.7 Å². The van der Waals surface area contributed by atoms with Crippen LogP contribution in [0.1, 0.15) is 42.4 Å². The maximum atomic E-state index is 14.0. The first-order valence-electron chi connectivity index (χ1n) is 6.99. The molecule has 5 heteroatoms. The number of thiophene rings is 1. The third-order valence-corrected chi connectivity index (χ3v) is 5.01. The Morgan fingerprint density at radius 2 is 2.14 bits per heavy atom. The third kappa shape index (κ3) is 3.41. The van der Waals surface area contributed by atoms with Crippen LogP contribution in [-0.2, 0) is 6.54 Å². The molecule has 3 nitrogen and oxygen atoms in total. The molecule has 0 spiro atoms. The molecule has 0 fully saturated rings. The van der Waals surface area contributed by atoms with Gasteiger partial charge in [-0.15, -0.1) is 11.3 Å². The lowest BCUT2D eigenvalue weighted by Crippen LogP contribution is -2.28. The second-order valence-electron chi connectivity index (χ2n) is 5.95. The van der Waals surface area contributed by atoms with Crippen molar-refractivity contribution in [3.8, 4) is 0 Å². The highest BCUT2D eigenvalue weighted by molar-refractivity contribution is 7.21. The number of nitrogens with one attached hydrogen (secondary N) is 1. The Labute approximate surface area is 127 Å². The van der Waals surface area contributed by atoms with E-state index in [4.69, 9.17) is 0 Å². The van der Waals surface area contributed by atoms with Crippen molar-refractivity contribution in [3.05, 3.63) is 34.5 Å². The van der Waals surface area contributed by atoms with Crippen LogP contribution in [-0.4, -0.2) is 17.6 Å².